The molecule has 6 atom stereocenters. The first kappa shape index (κ1) is 37.7. The van der Waals surface area contributed by atoms with Gasteiger partial charge in [0, 0.05) is 26.2 Å². The Morgan fingerprint density at radius 1 is 0.957 bits per heavy atom. The van der Waals surface area contributed by atoms with Crippen LogP contribution in [0.5, 0.6) is 0 Å². The van der Waals surface area contributed by atoms with Gasteiger partial charge < -0.3 is 26.6 Å². The number of nitrogens with two attached hydrogens (primary N) is 1. The van der Waals surface area contributed by atoms with Gasteiger partial charge in [-0.3, -0.25) is 19.2 Å². The minimum Gasteiger partial charge on any atom is -0.363 e. The summed E-state index contributed by atoms with van der Waals surface area (Å²) < 4.78 is 26.7. The van der Waals surface area contributed by atoms with Crippen LogP contribution in [-0.2, 0) is 29.2 Å². The third-order valence-corrected chi connectivity index (χ3v) is 12.6. The van der Waals surface area contributed by atoms with Gasteiger partial charge in [-0.2, -0.15) is 0 Å². The largest absolute Gasteiger partial charge is 0.363 e. The summed E-state index contributed by atoms with van der Waals surface area (Å²) in [6.07, 6.45) is 2.26. The molecule has 1 unspecified atom stereocenters. The maximum absolute atomic E-state index is 14.3. The molecule has 5 amide bonds. The van der Waals surface area contributed by atoms with Crippen molar-refractivity contribution in [3.05, 3.63) is 0 Å². The van der Waals surface area contributed by atoms with E-state index in [2.05, 4.69) is 16.0 Å². The Balaban J connectivity index is 1.84. The van der Waals surface area contributed by atoms with Crippen LogP contribution in [0.25, 0.3) is 0 Å². The van der Waals surface area contributed by atoms with Crippen molar-refractivity contribution in [2.75, 3.05) is 20.1 Å². The Morgan fingerprint density at radius 3 is 1.96 bits per heavy atom. The van der Waals surface area contributed by atoms with Gasteiger partial charge in [-0.25, -0.2) is 17.5 Å². The highest BCUT2D eigenvalue weighted by Crippen LogP contribution is 2.65. The fourth-order valence-corrected chi connectivity index (χ4v) is 7.85. The molecule has 0 spiro atoms. The molecule has 3 aliphatic rings. The van der Waals surface area contributed by atoms with E-state index in [9.17, 15) is 32.4 Å². The Hall–Kier alpha value is -2.74. The highest BCUT2D eigenvalue weighted by atomic mass is 32.2. The summed E-state index contributed by atoms with van der Waals surface area (Å²) in [5.74, 6) is -3.16. The van der Waals surface area contributed by atoms with Gasteiger partial charge in [-0.05, 0) is 60.7 Å². The highest BCUT2D eigenvalue weighted by molar-refractivity contribution is 7.89. The van der Waals surface area contributed by atoms with Gasteiger partial charge in [-0.15, -0.1) is 0 Å². The fraction of sp³-hybridized carbons (Fsp3) is 0.844. The molecule has 14 heteroatoms. The summed E-state index contributed by atoms with van der Waals surface area (Å²) in [6, 6.07) is -4.18. The molecule has 0 aromatic rings. The summed E-state index contributed by atoms with van der Waals surface area (Å²) in [5, 5.41) is 7.89. The molecule has 0 radical (unpaired) electrons. The Labute approximate surface area is 274 Å². The standard InChI is InChI=1S/C32H56N6O7S/c1-17(2)46(44,45)37(11)16-20(30(3,4)5)34-29(43)36-25(31(6,7)8)28(42)38-15-19-21(32(19,9)10)23(38)27(41)35-22(18-13-12-14-18)24(39)26(33)40/h17-23,25H,12-16H2,1-11H3,(H2,33,40)(H,35,41)(H2,34,36,43)/t19-,20+,21-,22?,23-,25+/m0/s1. The van der Waals surface area contributed by atoms with Crippen molar-refractivity contribution in [1.29, 1.82) is 0 Å². The molecule has 262 valence electrons. The summed E-state index contributed by atoms with van der Waals surface area (Å²) in [4.78, 5) is 67.7. The quantitative estimate of drug-likeness (QED) is 0.227. The van der Waals surface area contributed by atoms with E-state index in [1.165, 1.54) is 16.3 Å². The maximum atomic E-state index is 14.3. The molecular weight excluding hydrogens is 612 g/mol. The van der Waals surface area contributed by atoms with Gasteiger partial charge >= 0.3 is 6.03 Å². The smallest absolute Gasteiger partial charge is 0.315 e. The van der Waals surface area contributed by atoms with Crippen molar-refractivity contribution in [2.24, 2.45) is 39.7 Å². The van der Waals surface area contributed by atoms with Crippen molar-refractivity contribution in [2.45, 2.75) is 118 Å². The number of hydrogen-bond acceptors (Lipinski definition) is 7. The number of rotatable bonds is 12. The predicted molar refractivity (Wildman–Crippen MR) is 175 cm³/mol. The second kappa shape index (κ2) is 13.0. The third-order valence-electron chi connectivity index (χ3n) is 10.4. The van der Waals surface area contributed by atoms with Crippen molar-refractivity contribution in [3.63, 3.8) is 0 Å². The monoisotopic (exact) mass is 668 g/mol. The first-order valence-electron chi connectivity index (χ1n) is 16.3. The number of ketones is 1. The number of nitrogens with one attached hydrogen (secondary N) is 3. The summed E-state index contributed by atoms with van der Waals surface area (Å²) in [7, 11) is -2.09. The first-order chi connectivity index (χ1) is 20.8. The zero-order chi connectivity index (χ0) is 35.3. The number of hydrogen-bond donors (Lipinski definition) is 4. The number of piperidine rings is 1. The van der Waals surface area contributed by atoms with Gasteiger partial charge in [-0.1, -0.05) is 61.8 Å². The minimum absolute atomic E-state index is 0.0323. The average Bonchev–Trinajstić information content (AvgIpc) is 3.19. The number of carbonyl (C=O) groups is 5. The molecule has 2 aliphatic carbocycles. The zero-order valence-corrected chi connectivity index (χ0v) is 30.2. The van der Waals surface area contributed by atoms with Crippen molar-refractivity contribution < 1.29 is 32.4 Å². The lowest BCUT2D eigenvalue weighted by Gasteiger charge is -2.39. The number of urea groups is 1. The topological polar surface area (TPSA) is 188 Å². The molecule has 0 bridgehead atoms. The second-order valence-electron chi connectivity index (χ2n) is 16.5. The normalized spacial score (nSPS) is 24.8. The van der Waals surface area contributed by atoms with Crippen LogP contribution in [0.1, 0.15) is 88.5 Å². The van der Waals surface area contributed by atoms with E-state index in [0.29, 0.717) is 19.4 Å². The Kier molecular flexibility index (Phi) is 10.7. The number of nitrogens with zero attached hydrogens (tertiary/aromatic N) is 2. The second-order valence-corrected chi connectivity index (χ2v) is 19.1. The number of likely N-dealkylation sites (N-methyl/N-ethyl adjacent to an activating group) is 1. The van der Waals surface area contributed by atoms with Gasteiger partial charge in [0.15, 0.2) is 0 Å². The molecule has 1 saturated heterocycles. The molecule has 5 N–H and O–H groups in total. The van der Waals surface area contributed by atoms with Crippen LogP contribution >= 0.6 is 0 Å². The lowest BCUT2D eigenvalue weighted by Crippen LogP contribution is -2.63. The molecule has 0 aromatic heterocycles. The van der Waals surface area contributed by atoms with Crippen LogP contribution in [0.15, 0.2) is 0 Å². The lowest BCUT2D eigenvalue weighted by molar-refractivity contribution is -0.145. The molecule has 46 heavy (non-hydrogen) atoms. The van der Waals surface area contributed by atoms with Gasteiger partial charge in [0.2, 0.25) is 27.6 Å². The van der Waals surface area contributed by atoms with Crippen LogP contribution in [0.2, 0.25) is 0 Å². The number of sulfonamides is 1. The summed E-state index contributed by atoms with van der Waals surface area (Å²) in [6.45, 7) is 18.7. The van der Waals surface area contributed by atoms with E-state index in [1.807, 2.05) is 55.4 Å². The zero-order valence-electron chi connectivity index (χ0n) is 29.4. The first-order valence-corrected chi connectivity index (χ1v) is 17.8. The number of Topliss-reactive ketones (excluding diaryl/α,β-unsaturated/α-hetero) is 1. The number of likely N-dealkylation sites (tertiary alicyclic amines) is 1. The van der Waals surface area contributed by atoms with E-state index < -0.39 is 79.8 Å². The Morgan fingerprint density at radius 2 is 1.52 bits per heavy atom. The predicted octanol–water partition coefficient (Wildman–Crippen LogP) is 1.61. The minimum atomic E-state index is -3.57. The van der Waals surface area contributed by atoms with Crippen LogP contribution in [0, 0.1) is 34.0 Å². The molecule has 1 aliphatic heterocycles. The van der Waals surface area contributed by atoms with E-state index in [1.54, 1.807) is 13.8 Å². The number of amides is 5. The van der Waals surface area contributed by atoms with Crippen molar-refractivity contribution in [1.82, 2.24) is 25.2 Å². The number of carbonyl (C=O) groups excluding carboxylic acids is 5. The third kappa shape index (κ3) is 7.69. The van der Waals surface area contributed by atoms with Gasteiger partial charge in [0.05, 0.1) is 5.25 Å². The molecule has 3 rings (SSSR count). The van der Waals surface area contributed by atoms with Crippen molar-refractivity contribution >= 4 is 39.6 Å². The molecular formula is C32H56N6O7S. The summed E-state index contributed by atoms with van der Waals surface area (Å²) in [5.41, 5.74) is 3.82. The molecule has 2 saturated carbocycles. The molecule has 1 heterocycles. The van der Waals surface area contributed by atoms with Gasteiger partial charge in [0.1, 0.15) is 18.1 Å². The van der Waals surface area contributed by atoms with Crippen LogP contribution in [0.4, 0.5) is 4.79 Å². The van der Waals surface area contributed by atoms with Crippen LogP contribution in [-0.4, -0.2) is 96.7 Å². The SMILES string of the molecule is CC(C)S(=O)(=O)N(C)C[C@@H](NC(=O)N[C@H](C(=O)N1C[C@H]2[C@@H]([C@H]1C(=O)NC(C(=O)C(N)=O)C1CCC1)C2(C)C)C(C)(C)C)C(C)(C)C. The van der Waals surface area contributed by atoms with E-state index in [0.717, 1.165) is 6.42 Å². The lowest BCUT2D eigenvalue weighted by atomic mass is 9.78. The van der Waals surface area contributed by atoms with E-state index >= 15 is 0 Å². The van der Waals surface area contributed by atoms with E-state index in [-0.39, 0.29) is 29.7 Å². The van der Waals surface area contributed by atoms with Crippen LogP contribution in [0.3, 0.4) is 0 Å². The van der Waals surface area contributed by atoms with E-state index in [4.69, 9.17) is 5.73 Å². The number of primary amides is 1. The molecule has 3 fully saturated rings. The highest BCUT2D eigenvalue weighted by Gasteiger charge is 2.70. The fourth-order valence-electron chi connectivity index (χ4n) is 6.78. The number of fused-ring (bicyclic) bond motifs is 1. The maximum Gasteiger partial charge on any atom is 0.315 e. The Bertz CT molecular complexity index is 1330. The summed E-state index contributed by atoms with van der Waals surface area (Å²) >= 11 is 0. The average molecular weight is 669 g/mol. The van der Waals surface area contributed by atoms with Crippen LogP contribution < -0.4 is 21.7 Å². The molecule has 13 nitrogen and oxygen atoms in total. The van der Waals surface area contributed by atoms with Crippen molar-refractivity contribution in [3.8, 4) is 0 Å². The van der Waals surface area contributed by atoms with Gasteiger partial charge in [0.25, 0.3) is 5.91 Å². The molecule has 0 aromatic carbocycles.